The number of nitrogens with zero attached hydrogens (tertiary/aromatic N) is 3. The van der Waals surface area contributed by atoms with Crippen LogP contribution in [0, 0.1) is 17.3 Å². The van der Waals surface area contributed by atoms with Crippen LogP contribution in [-0.2, 0) is 4.79 Å². The molecule has 1 N–H and O–H groups in total. The fourth-order valence-corrected chi connectivity index (χ4v) is 4.47. The summed E-state index contributed by atoms with van der Waals surface area (Å²) in [5.41, 5.74) is -0.105. The Hall–Kier alpha value is -2.57. The van der Waals surface area contributed by atoms with E-state index in [-0.39, 0.29) is 23.8 Å². The number of carbonyl (C=O) groups excluding carboxylic acids is 3. The van der Waals surface area contributed by atoms with E-state index in [0.717, 1.165) is 6.42 Å². The van der Waals surface area contributed by atoms with Gasteiger partial charge in [-0.2, -0.15) is 0 Å². The average molecular weight is 401 g/mol. The molecule has 7 nitrogen and oxygen atoms in total. The third-order valence-corrected chi connectivity index (χ3v) is 6.03. The third-order valence-electron chi connectivity index (χ3n) is 6.03. The molecule has 1 aromatic carbocycles. The second-order valence-electron chi connectivity index (χ2n) is 8.90. The first-order valence-corrected chi connectivity index (χ1v) is 10.3. The van der Waals surface area contributed by atoms with E-state index < -0.39 is 5.41 Å². The van der Waals surface area contributed by atoms with E-state index in [9.17, 15) is 14.4 Å². The van der Waals surface area contributed by atoms with Gasteiger partial charge in [-0.1, -0.05) is 32.0 Å². The third kappa shape index (κ3) is 4.23. The molecule has 3 rings (SSSR count). The molecule has 0 radical (unpaired) electrons. The normalized spacial score (nSPS) is 23.3. The van der Waals surface area contributed by atoms with Crippen LogP contribution in [0.25, 0.3) is 0 Å². The highest BCUT2D eigenvalue weighted by Gasteiger charge is 2.59. The van der Waals surface area contributed by atoms with E-state index in [1.54, 1.807) is 40.9 Å². The molecule has 2 aliphatic heterocycles. The molecule has 2 aliphatic rings. The fourth-order valence-electron chi connectivity index (χ4n) is 4.47. The zero-order valence-electron chi connectivity index (χ0n) is 17.9. The number of likely N-dealkylation sites (tertiary alicyclic amines) is 2. The van der Waals surface area contributed by atoms with Crippen molar-refractivity contribution in [2.45, 2.75) is 20.3 Å². The van der Waals surface area contributed by atoms with E-state index in [4.69, 9.17) is 0 Å². The molecule has 158 valence electrons. The molecule has 29 heavy (non-hydrogen) atoms. The van der Waals surface area contributed by atoms with Crippen molar-refractivity contribution in [3.63, 3.8) is 0 Å². The van der Waals surface area contributed by atoms with Crippen LogP contribution in [0.15, 0.2) is 30.3 Å². The lowest BCUT2D eigenvalue weighted by Crippen LogP contribution is -2.49. The van der Waals surface area contributed by atoms with Crippen LogP contribution >= 0.6 is 0 Å². The van der Waals surface area contributed by atoms with Crippen molar-refractivity contribution >= 4 is 17.8 Å². The summed E-state index contributed by atoms with van der Waals surface area (Å²) in [6, 6.07) is 9.04. The Morgan fingerprint density at radius 2 is 1.72 bits per heavy atom. The number of carbonyl (C=O) groups is 3. The first-order valence-electron chi connectivity index (χ1n) is 10.3. The highest BCUT2D eigenvalue weighted by atomic mass is 16.2. The number of hydrogen-bond acceptors (Lipinski definition) is 3. The van der Waals surface area contributed by atoms with Crippen LogP contribution in [0.2, 0.25) is 0 Å². The largest absolute Gasteiger partial charge is 0.348 e. The molecule has 2 atom stereocenters. The number of urea groups is 1. The van der Waals surface area contributed by atoms with Gasteiger partial charge in [-0.05, 0) is 24.5 Å². The van der Waals surface area contributed by atoms with Crippen LogP contribution in [0.1, 0.15) is 30.6 Å². The van der Waals surface area contributed by atoms with Crippen molar-refractivity contribution in [3.05, 3.63) is 35.9 Å². The lowest BCUT2D eigenvalue weighted by molar-refractivity contribution is -0.139. The van der Waals surface area contributed by atoms with Gasteiger partial charge in [0.25, 0.3) is 5.91 Å². The highest BCUT2D eigenvalue weighted by Crippen LogP contribution is 2.44. The Labute approximate surface area is 173 Å². The number of rotatable bonds is 5. The van der Waals surface area contributed by atoms with Gasteiger partial charge in [-0.25, -0.2) is 4.79 Å². The van der Waals surface area contributed by atoms with Gasteiger partial charge in [0.15, 0.2) is 0 Å². The van der Waals surface area contributed by atoms with E-state index in [1.807, 2.05) is 18.2 Å². The molecule has 2 heterocycles. The smallest absolute Gasteiger partial charge is 0.317 e. The number of hydrogen-bond donors (Lipinski definition) is 1. The van der Waals surface area contributed by atoms with Crippen molar-refractivity contribution in [3.8, 4) is 0 Å². The van der Waals surface area contributed by atoms with Gasteiger partial charge < -0.3 is 20.0 Å². The zero-order valence-corrected chi connectivity index (χ0v) is 17.9. The fraction of sp³-hybridized carbons (Fsp3) is 0.591. The lowest BCUT2D eigenvalue weighted by Gasteiger charge is -2.30. The number of amides is 4. The van der Waals surface area contributed by atoms with Crippen LogP contribution in [0.4, 0.5) is 4.79 Å². The second-order valence-corrected chi connectivity index (χ2v) is 8.90. The van der Waals surface area contributed by atoms with Crippen molar-refractivity contribution in [2.24, 2.45) is 17.3 Å². The van der Waals surface area contributed by atoms with Gasteiger partial charge in [-0.3, -0.25) is 9.59 Å². The highest BCUT2D eigenvalue weighted by molar-refractivity contribution is 5.96. The molecule has 0 spiro atoms. The topological polar surface area (TPSA) is 73.0 Å². The monoisotopic (exact) mass is 400 g/mol. The van der Waals surface area contributed by atoms with Crippen LogP contribution in [0.5, 0.6) is 0 Å². The maximum atomic E-state index is 13.2. The van der Waals surface area contributed by atoms with E-state index >= 15 is 0 Å². The van der Waals surface area contributed by atoms with Crippen molar-refractivity contribution in [1.29, 1.82) is 0 Å². The van der Waals surface area contributed by atoms with Crippen LogP contribution < -0.4 is 5.32 Å². The molecule has 0 saturated carbocycles. The maximum Gasteiger partial charge on any atom is 0.317 e. The average Bonchev–Trinajstić information content (AvgIpc) is 3.22. The van der Waals surface area contributed by atoms with E-state index in [1.165, 1.54) is 0 Å². The Kier molecular flexibility index (Phi) is 6.15. The summed E-state index contributed by atoms with van der Waals surface area (Å²) in [6.45, 7) is 6.55. The van der Waals surface area contributed by atoms with Crippen molar-refractivity contribution in [2.75, 3.05) is 46.8 Å². The number of benzene rings is 1. The second kappa shape index (κ2) is 8.43. The maximum absolute atomic E-state index is 13.2. The minimum atomic E-state index is -0.733. The minimum Gasteiger partial charge on any atom is -0.348 e. The number of nitrogens with one attached hydrogen (secondary N) is 1. The standard InChI is InChI=1S/C22H32N4O3/c1-16(2)10-11-23-21(29)26-13-18-12-25(19(27)17-8-6-5-7-9-17)14-22(18,15-26)20(28)24(3)4/h5-9,16,18H,10-15H2,1-4H3,(H,23,29)/t18-,22-/m0/s1. The first-order chi connectivity index (χ1) is 13.7. The lowest BCUT2D eigenvalue weighted by atomic mass is 9.80. The molecule has 2 saturated heterocycles. The molecule has 4 amide bonds. The Bertz CT molecular complexity index is 765. The quantitative estimate of drug-likeness (QED) is 0.821. The predicted molar refractivity (Wildman–Crippen MR) is 111 cm³/mol. The zero-order chi connectivity index (χ0) is 21.2. The number of fused-ring (bicyclic) bond motifs is 1. The van der Waals surface area contributed by atoms with Crippen LogP contribution in [-0.4, -0.2) is 79.4 Å². The van der Waals surface area contributed by atoms with Gasteiger partial charge in [0.05, 0.1) is 5.41 Å². The molecule has 0 aliphatic carbocycles. The van der Waals surface area contributed by atoms with Crippen molar-refractivity contribution < 1.29 is 14.4 Å². The van der Waals surface area contributed by atoms with E-state index in [0.29, 0.717) is 44.2 Å². The summed E-state index contributed by atoms with van der Waals surface area (Å²) in [4.78, 5) is 43.8. The van der Waals surface area contributed by atoms with Crippen molar-refractivity contribution in [1.82, 2.24) is 20.0 Å². The molecule has 0 bridgehead atoms. The Morgan fingerprint density at radius 1 is 1.10 bits per heavy atom. The summed E-state index contributed by atoms with van der Waals surface area (Å²) in [5, 5.41) is 2.97. The molecule has 1 aromatic rings. The van der Waals surface area contributed by atoms with E-state index in [2.05, 4.69) is 19.2 Å². The molecule has 0 unspecified atom stereocenters. The summed E-state index contributed by atoms with van der Waals surface area (Å²) in [6.07, 6.45) is 0.921. The molecule has 2 fully saturated rings. The summed E-state index contributed by atoms with van der Waals surface area (Å²) < 4.78 is 0. The Morgan fingerprint density at radius 3 is 2.34 bits per heavy atom. The van der Waals surface area contributed by atoms with Gasteiger partial charge in [0.1, 0.15) is 0 Å². The molecular weight excluding hydrogens is 368 g/mol. The van der Waals surface area contributed by atoms with Crippen LogP contribution in [0.3, 0.4) is 0 Å². The van der Waals surface area contributed by atoms with Gasteiger partial charge in [0.2, 0.25) is 5.91 Å². The first kappa shape index (κ1) is 21.1. The predicted octanol–water partition coefficient (Wildman–Crippen LogP) is 1.90. The molecule has 0 aromatic heterocycles. The molecular formula is C22H32N4O3. The molecule has 7 heteroatoms. The van der Waals surface area contributed by atoms with Gasteiger partial charge in [0, 0.05) is 58.3 Å². The van der Waals surface area contributed by atoms with Gasteiger partial charge in [-0.15, -0.1) is 0 Å². The summed E-state index contributed by atoms with van der Waals surface area (Å²) in [7, 11) is 3.47. The minimum absolute atomic E-state index is 0.0108. The summed E-state index contributed by atoms with van der Waals surface area (Å²) in [5.74, 6) is 0.399. The summed E-state index contributed by atoms with van der Waals surface area (Å²) >= 11 is 0. The SMILES string of the molecule is CC(C)CCNC(=O)N1C[C@@H]2CN(C(=O)c3ccccc3)C[C@]2(C(=O)N(C)C)C1. The van der Waals surface area contributed by atoms with Gasteiger partial charge >= 0.3 is 6.03 Å². The Balaban J connectivity index is 1.74.